The molecule has 2 aliphatic rings. The molecule has 0 bridgehead atoms. The summed E-state index contributed by atoms with van der Waals surface area (Å²) in [6.45, 7) is 0. The van der Waals surface area contributed by atoms with Gasteiger partial charge in [0.05, 0.1) is 22.5 Å². The zero-order chi connectivity index (χ0) is 41.7. The van der Waals surface area contributed by atoms with Gasteiger partial charge in [-0.1, -0.05) is 176 Å². The van der Waals surface area contributed by atoms with Crippen LogP contribution in [0, 0.1) is 0 Å². The molecule has 296 valence electrons. The lowest BCUT2D eigenvalue weighted by Crippen LogP contribution is -2.28. The number of fused-ring (bicyclic) bond motifs is 6. The van der Waals surface area contributed by atoms with Crippen LogP contribution >= 0.6 is 0 Å². The Morgan fingerprint density at radius 2 is 0.952 bits per heavy atom. The highest BCUT2D eigenvalue weighted by Crippen LogP contribution is 2.62. The first kappa shape index (κ1) is 36.5. The summed E-state index contributed by atoms with van der Waals surface area (Å²) in [4.78, 5) is 10.0. The maximum Gasteiger partial charge on any atom is 0.178 e. The van der Waals surface area contributed by atoms with E-state index >= 15 is 0 Å². The van der Waals surface area contributed by atoms with Crippen molar-refractivity contribution >= 4 is 0 Å². The molecule has 0 unspecified atom stereocenters. The lowest BCUT2D eigenvalue weighted by Gasteiger charge is -2.34. The number of pyridine rings is 2. The van der Waals surface area contributed by atoms with Crippen molar-refractivity contribution in [3.05, 3.63) is 253 Å². The topological polar surface area (TPSA) is 44.2 Å². The van der Waals surface area contributed by atoms with E-state index in [1.54, 1.807) is 0 Å². The van der Waals surface area contributed by atoms with E-state index in [1.807, 2.05) is 36.5 Å². The first-order valence-corrected chi connectivity index (χ1v) is 21.3. The molecular formula is C59H38N2O2. The maximum absolute atomic E-state index is 7.11. The molecule has 0 radical (unpaired) electrons. The second-order valence-electron chi connectivity index (χ2n) is 16.0. The van der Waals surface area contributed by atoms with Crippen LogP contribution in [0.5, 0.6) is 23.0 Å². The van der Waals surface area contributed by atoms with Gasteiger partial charge >= 0.3 is 0 Å². The second-order valence-corrected chi connectivity index (χ2v) is 16.0. The van der Waals surface area contributed by atoms with Gasteiger partial charge in [-0.25, -0.2) is 4.98 Å². The molecule has 0 saturated heterocycles. The van der Waals surface area contributed by atoms with Gasteiger partial charge in [-0.3, -0.25) is 4.98 Å². The Bertz CT molecular complexity index is 3290. The van der Waals surface area contributed by atoms with Gasteiger partial charge in [-0.05, 0) is 98.6 Å². The Kier molecular flexibility index (Phi) is 8.68. The lowest BCUT2D eigenvalue weighted by atomic mass is 9.68. The van der Waals surface area contributed by atoms with E-state index in [-0.39, 0.29) is 0 Å². The largest absolute Gasteiger partial charge is 0.449 e. The highest BCUT2D eigenvalue weighted by molar-refractivity contribution is 5.92. The van der Waals surface area contributed by atoms with E-state index in [1.165, 1.54) is 22.3 Å². The number of nitrogens with zero attached hydrogens (tertiary/aromatic N) is 2. The van der Waals surface area contributed by atoms with Crippen LogP contribution in [0.3, 0.4) is 0 Å². The van der Waals surface area contributed by atoms with Crippen LogP contribution in [0.25, 0.3) is 67.2 Å². The zero-order valence-corrected chi connectivity index (χ0v) is 34.2. The summed E-state index contributed by atoms with van der Waals surface area (Å²) in [7, 11) is 0. The van der Waals surface area contributed by atoms with Crippen LogP contribution < -0.4 is 9.47 Å². The monoisotopic (exact) mass is 806 g/mol. The average Bonchev–Trinajstić information content (AvgIpc) is 3.68. The molecule has 2 aromatic heterocycles. The fourth-order valence-electron chi connectivity index (χ4n) is 9.67. The van der Waals surface area contributed by atoms with Crippen LogP contribution in [0.4, 0.5) is 0 Å². The van der Waals surface area contributed by atoms with E-state index in [2.05, 4.69) is 199 Å². The second kappa shape index (κ2) is 15.0. The minimum absolute atomic E-state index is 0.548. The highest BCUT2D eigenvalue weighted by atomic mass is 16.6. The summed E-state index contributed by atoms with van der Waals surface area (Å²) in [6.07, 6.45) is 1.83. The Labute approximate surface area is 366 Å². The summed E-state index contributed by atoms with van der Waals surface area (Å²) in [5.74, 6) is 2.76. The van der Waals surface area contributed by atoms with Crippen molar-refractivity contribution in [2.45, 2.75) is 5.41 Å². The predicted octanol–water partition coefficient (Wildman–Crippen LogP) is 15.1. The minimum Gasteiger partial charge on any atom is -0.449 e. The number of rotatable bonds is 7. The van der Waals surface area contributed by atoms with Gasteiger partial charge in [-0.2, -0.15) is 0 Å². The Hall–Kier alpha value is -8.34. The number of benzene rings is 8. The van der Waals surface area contributed by atoms with Crippen molar-refractivity contribution < 1.29 is 9.47 Å². The van der Waals surface area contributed by atoms with Gasteiger partial charge in [0.2, 0.25) is 0 Å². The third-order valence-electron chi connectivity index (χ3n) is 12.5. The molecule has 63 heavy (non-hydrogen) atoms. The van der Waals surface area contributed by atoms with Gasteiger partial charge < -0.3 is 9.47 Å². The number of hydrogen-bond donors (Lipinski definition) is 0. The maximum atomic E-state index is 7.11. The molecule has 4 heteroatoms. The third kappa shape index (κ3) is 6.07. The molecule has 10 aromatic rings. The van der Waals surface area contributed by atoms with Gasteiger partial charge in [-0.15, -0.1) is 0 Å². The smallest absolute Gasteiger partial charge is 0.178 e. The van der Waals surface area contributed by atoms with Gasteiger partial charge in [0.15, 0.2) is 23.0 Å². The molecule has 0 atom stereocenters. The lowest BCUT2D eigenvalue weighted by molar-refractivity contribution is 0.360. The van der Waals surface area contributed by atoms with Crippen molar-refractivity contribution in [2.75, 3.05) is 0 Å². The standard InChI is InChI=1S/C59H38N2O2/c1-4-17-39(18-5-1)43-36-52(42-20-16-19-41(35-42)51-29-14-15-34-60-51)61-53(37-43)47-26-11-10-25-46(47)40-30-32-54-56(38-40)63-58-55(62-54)33-31-50-57(58)48-27-12-13-28-49(48)59(50,44-21-6-2-7-22-44)45-23-8-3-9-24-45/h1-38H. The van der Waals surface area contributed by atoms with Gasteiger partial charge in [0.25, 0.3) is 0 Å². The van der Waals surface area contributed by atoms with E-state index in [9.17, 15) is 0 Å². The van der Waals surface area contributed by atoms with Crippen LogP contribution in [0.15, 0.2) is 231 Å². The minimum atomic E-state index is -0.548. The Morgan fingerprint density at radius 3 is 1.70 bits per heavy atom. The predicted molar refractivity (Wildman–Crippen MR) is 253 cm³/mol. The molecule has 4 nitrogen and oxygen atoms in total. The highest BCUT2D eigenvalue weighted by Gasteiger charge is 2.48. The van der Waals surface area contributed by atoms with E-state index in [0.29, 0.717) is 17.2 Å². The fraction of sp³-hybridized carbons (Fsp3) is 0.0169. The summed E-state index contributed by atoms with van der Waals surface area (Å²) in [5, 5.41) is 0. The Morgan fingerprint density at radius 1 is 0.333 bits per heavy atom. The number of hydrogen-bond acceptors (Lipinski definition) is 4. The molecular weight excluding hydrogens is 769 g/mol. The third-order valence-corrected chi connectivity index (χ3v) is 12.5. The molecule has 0 amide bonds. The number of ether oxygens (including phenoxy) is 2. The van der Waals surface area contributed by atoms with E-state index in [0.717, 1.165) is 72.9 Å². The summed E-state index contributed by atoms with van der Waals surface area (Å²) in [6, 6.07) is 78.7. The average molecular weight is 807 g/mol. The summed E-state index contributed by atoms with van der Waals surface area (Å²) < 4.78 is 13.8. The molecule has 1 aliphatic carbocycles. The van der Waals surface area contributed by atoms with E-state index < -0.39 is 5.41 Å². The van der Waals surface area contributed by atoms with Crippen molar-refractivity contribution in [1.29, 1.82) is 0 Å². The van der Waals surface area contributed by atoms with E-state index in [4.69, 9.17) is 14.5 Å². The zero-order valence-electron chi connectivity index (χ0n) is 34.2. The van der Waals surface area contributed by atoms with Crippen LogP contribution in [0.1, 0.15) is 22.3 Å². The molecule has 8 aromatic carbocycles. The van der Waals surface area contributed by atoms with Crippen LogP contribution in [-0.2, 0) is 5.41 Å². The first-order chi connectivity index (χ1) is 31.2. The Balaban J connectivity index is 0.980. The van der Waals surface area contributed by atoms with Crippen LogP contribution in [0.2, 0.25) is 0 Å². The number of aromatic nitrogens is 2. The molecule has 0 spiro atoms. The molecule has 0 saturated carbocycles. The summed E-state index contributed by atoms with van der Waals surface area (Å²) in [5.41, 5.74) is 16.4. The van der Waals surface area contributed by atoms with Crippen molar-refractivity contribution in [3.63, 3.8) is 0 Å². The molecule has 0 fully saturated rings. The summed E-state index contributed by atoms with van der Waals surface area (Å²) >= 11 is 0. The molecule has 1 aliphatic heterocycles. The molecule has 3 heterocycles. The van der Waals surface area contributed by atoms with Crippen LogP contribution in [-0.4, -0.2) is 9.97 Å². The van der Waals surface area contributed by atoms with Crippen molar-refractivity contribution in [1.82, 2.24) is 9.97 Å². The first-order valence-electron chi connectivity index (χ1n) is 21.3. The SMILES string of the molecule is c1ccc(-c2cc(-c3cccc(-c4ccccn4)c3)nc(-c3ccccc3-c3ccc4c(c3)Oc3c(ccc5c3-c3ccccc3C5(c3ccccc3)c3ccccc3)O4)c2)cc1. The van der Waals surface area contributed by atoms with Gasteiger partial charge in [0, 0.05) is 28.5 Å². The van der Waals surface area contributed by atoms with Gasteiger partial charge in [0.1, 0.15) is 0 Å². The molecule has 12 rings (SSSR count). The normalized spacial score (nSPS) is 12.8. The molecule has 0 N–H and O–H groups in total. The van der Waals surface area contributed by atoms with Crippen molar-refractivity contribution in [2.24, 2.45) is 0 Å². The fourth-order valence-corrected chi connectivity index (χ4v) is 9.67. The van der Waals surface area contributed by atoms with Crippen molar-refractivity contribution in [3.8, 4) is 90.2 Å². The quantitative estimate of drug-likeness (QED) is 0.161.